The third-order valence-corrected chi connectivity index (χ3v) is 3.54. The first kappa shape index (κ1) is 14.0. The van der Waals surface area contributed by atoms with Gasteiger partial charge in [-0.2, -0.15) is 0 Å². The van der Waals surface area contributed by atoms with E-state index in [1.165, 1.54) is 44.9 Å². The second-order valence-electron chi connectivity index (χ2n) is 5.28. The smallest absolute Gasteiger partial charge is 0.0809 e. The summed E-state index contributed by atoms with van der Waals surface area (Å²) in [6.45, 7) is 8.84. The summed E-state index contributed by atoms with van der Waals surface area (Å²) in [5, 5.41) is 3.54. The van der Waals surface area contributed by atoms with Crippen LogP contribution in [0.25, 0.3) is 0 Å². The topological polar surface area (TPSA) is 21.3 Å². The van der Waals surface area contributed by atoms with E-state index in [9.17, 15) is 0 Å². The van der Waals surface area contributed by atoms with Crippen LogP contribution in [0.15, 0.2) is 0 Å². The lowest BCUT2D eigenvalue weighted by Gasteiger charge is -2.33. The van der Waals surface area contributed by atoms with Crippen LogP contribution in [0.5, 0.6) is 0 Å². The van der Waals surface area contributed by atoms with Crippen LogP contribution in [0, 0.1) is 0 Å². The van der Waals surface area contributed by atoms with Crippen LogP contribution in [0.3, 0.4) is 0 Å². The summed E-state index contributed by atoms with van der Waals surface area (Å²) < 4.78 is 6.32. The van der Waals surface area contributed by atoms with Crippen LogP contribution in [0.1, 0.15) is 65.7 Å². The van der Waals surface area contributed by atoms with Crippen molar-refractivity contribution in [2.24, 2.45) is 0 Å². The van der Waals surface area contributed by atoms with Crippen LogP contribution in [0.2, 0.25) is 0 Å². The molecule has 0 saturated heterocycles. The molecule has 2 heteroatoms. The molecule has 96 valence electrons. The fourth-order valence-corrected chi connectivity index (χ4v) is 2.74. The Morgan fingerprint density at radius 1 is 1.19 bits per heavy atom. The Balaban J connectivity index is 2.38. The standard InChI is InChI=1S/C14H29NO/c1-4-8-13(3)16-14(9-6-7-10-14)12-15-11-5-2/h13,15H,4-12H2,1-3H3. The normalized spacial score (nSPS) is 21.2. The SMILES string of the molecule is CCCNCC1(OC(C)CCC)CCCC1. The molecule has 0 spiro atoms. The summed E-state index contributed by atoms with van der Waals surface area (Å²) in [6, 6.07) is 0. The molecule has 1 fully saturated rings. The molecule has 2 nitrogen and oxygen atoms in total. The summed E-state index contributed by atoms with van der Waals surface area (Å²) in [5.41, 5.74) is 0.157. The van der Waals surface area contributed by atoms with Gasteiger partial charge in [0.1, 0.15) is 0 Å². The zero-order chi connectivity index (χ0) is 11.9. The van der Waals surface area contributed by atoms with E-state index < -0.39 is 0 Å². The number of nitrogens with one attached hydrogen (secondary N) is 1. The van der Waals surface area contributed by atoms with Gasteiger partial charge in [0.15, 0.2) is 0 Å². The Hall–Kier alpha value is -0.0800. The molecule has 0 radical (unpaired) electrons. The average Bonchev–Trinajstić information content (AvgIpc) is 2.67. The Morgan fingerprint density at radius 3 is 2.44 bits per heavy atom. The zero-order valence-corrected chi connectivity index (χ0v) is 11.3. The molecule has 0 aromatic heterocycles. The minimum atomic E-state index is 0.157. The van der Waals surface area contributed by atoms with Gasteiger partial charge in [0, 0.05) is 6.54 Å². The van der Waals surface area contributed by atoms with Gasteiger partial charge in [-0.1, -0.05) is 33.1 Å². The Kier molecular flexibility index (Phi) is 6.37. The van der Waals surface area contributed by atoms with Crippen molar-refractivity contribution in [1.29, 1.82) is 0 Å². The van der Waals surface area contributed by atoms with Gasteiger partial charge in [-0.15, -0.1) is 0 Å². The summed E-state index contributed by atoms with van der Waals surface area (Å²) in [4.78, 5) is 0. The highest BCUT2D eigenvalue weighted by atomic mass is 16.5. The summed E-state index contributed by atoms with van der Waals surface area (Å²) >= 11 is 0. The quantitative estimate of drug-likeness (QED) is 0.641. The predicted octanol–water partition coefficient (Wildman–Crippen LogP) is 3.50. The average molecular weight is 227 g/mol. The highest BCUT2D eigenvalue weighted by Gasteiger charge is 2.35. The van der Waals surface area contributed by atoms with Gasteiger partial charge in [-0.05, 0) is 39.2 Å². The summed E-state index contributed by atoms with van der Waals surface area (Å²) in [7, 11) is 0. The molecule has 1 atom stereocenters. The molecule has 1 aliphatic carbocycles. The van der Waals surface area contributed by atoms with Gasteiger partial charge in [-0.25, -0.2) is 0 Å². The van der Waals surface area contributed by atoms with E-state index in [1.54, 1.807) is 0 Å². The van der Waals surface area contributed by atoms with Crippen molar-refractivity contribution in [2.75, 3.05) is 13.1 Å². The van der Waals surface area contributed by atoms with E-state index >= 15 is 0 Å². The molecular weight excluding hydrogens is 198 g/mol. The van der Waals surface area contributed by atoms with Gasteiger partial charge >= 0.3 is 0 Å². The molecule has 0 amide bonds. The van der Waals surface area contributed by atoms with E-state index in [4.69, 9.17) is 4.74 Å². The van der Waals surface area contributed by atoms with Crippen LogP contribution in [-0.4, -0.2) is 24.8 Å². The largest absolute Gasteiger partial charge is 0.371 e. The van der Waals surface area contributed by atoms with Crippen molar-refractivity contribution in [3.05, 3.63) is 0 Å². The second-order valence-corrected chi connectivity index (χ2v) is 5.28. The number of hydrogen-bond donors (Lipinski definition) is 1. The van der Waals surface area contributed by atoms with Gasteiger partial charge in [0.25, 0.3) is 0 Å². The van der Waals surface area contributed by atoms with Crippen LogP contribution >= 0.6 is 0 Å². The molecule has 0 aromatic carbocycles. The van der Waals surface area contributed by atoms with Gasteiger partial charge < -0.3 is 10.1 Å². The molecule has 1 aliphatic rings. The third kappa shape index (κ3) is 4.42. The molecule has 0 bridgehead atoms. The maximum absolute atomic E-state index is 6.32. The first-order valence-electron chi connectivity index (χ1n) is 7.11. The number of ether oxygens (including phenoxy) is 1. The molecule has 0 heterocycles. The first-order valence-corrected chi connectivity index (χ1v) is 7.11. The van der Waals surface area contributed by atoms with E-state index in [1.807, 2.05) is 0 Å². The van der Waals surface area contributed by atoms with Crippen molar-refractivity contribution >= 4 is 0 Å². The Morgan fingerprint density at radius 2 is 1.88 bits per heavy atom. The fraction of sp³-hybridized carbons (Fsp3) is 1.00. The Labute approximate surface area is 101 Å². The molecule has 16 heavy (non-hydrogen) atoms. The van der Waals surface area contributed by atoms with E-state index in [0.717, 1.165) is 13.1 Å². The molecule has 0 aliphatic heterocycles. The van der Waals surface area contributed by atoms with Gasteiger partial charge in [0.2, 0.25) is 0 Å². The van der Waals surface area contributed by atoms with E-state index in [2.05, 4.69) is 26.1 Å². The maximum atomic E-state index is 6.32. The molecule has 1 saturated carbocycles. The molecule has 0 aromatic rings. The molecule has 1 N–H and O–H groups in total. The van der Waals surface area contributed by atoms with Crippen molar-refractivity contribution < 1.29 is 4.74 Å². The summed E-state index contributed by atoms with van der Waals surface area (Å²) in [5.74, 6) is 0. The second kappa shape index (κ2) is 7.29. The van der Waals surface area contributed by atoms with Crippen molar-refractivity contribution in [1.82, 2.24) is 5.32 Å². The molecular formula is C14H29NO. The lowest BCUT2D eigenvalue weighted by atomic mass is 10.0. The first-order chi connectivity index (χ1) is 7.72. The van der Waals surface area contributed by atoms with Gasteiger partial charge in [0.05, 0.1) is 11.7 Å². The van der Waals surface area contributed by atoms with Crippen LogP contribution in [0.4, 0.5) is 0 Å². The monoisotopic (exact) mass is 227 g/mol. The molecule has 1 rings (SSSR count). The lowest BCUT2D eigenvalue weighted by Crippen LogP contribution is -2.43. The van der Waals surface area contributed by atoms with Crippen molar-refractivity contribution in [2.45, 2.75) is 77.4 Å². The third-order valence-electron chi connectivity index (χ3n) is 3.54. The van der Waals surface area contributed by atoms with Crippen LogP contribution in [-0.2, 0) is 4.74 Å². The van der Waals surface area contributed by atoms with E-state index in [-0.39, 0.29) is 5.60 Å². The maximum Gasteiger partial charge on any atom is 0.0809 e. The van der Waals surface area contributed by atoms with E-state index in [0.29, 0.717) is 6.10 Å². The zero-order valence-electron chi connectivity index (χ0n) is 11.3. The highest BCUT2D eigenvalue weighted by molar-refractivity contribution is 4.89. The summed E-state index contributed by atoms with van der Waals surface area (Å²) in [6.07, 6.45) is 9.22. The molecule has 1 unspecified atom stereocenters. The highest BCUT2D eigenvalue weighted by Crippen LogP contribution is 2.34. The number of hydrogen-bond acceptors (Lipinski definition) is 2. The predicted molar refractivity (Wildman–Crippen MR) is 69.8 cm³/mol. The fourth-order valence-electron chi connectivity index (χ4n) is 2.74. The lowest BCUT2D eigenvalue weighted by molar-refractivity contribution is -0.0839. The van der Waals surface area contributed by atoms with Crippen molar-refractivity contribution in [3.63, 3.8) is 0 Å². The van der Waals surface area contributed by atoms with Gasteiger partial charge in [-0.3, -0.25) is 0 Å². The minimum absolute atomic E-state index is 0.157. The Bertz CT molecular complexity index is 176. The van der Waals surface area contributed by atoms with Crippen LogP contribution < -0.4 is 5.32 Å². The van der Waals surface area contributed by atoms with Crippen molar-refractivity contribution in [3.8, 4) is 0 Å². The minimum Gasteiger partial charge on any atom is -0.371 e. The number of rotatable bonds is 8.